The molecule has 3 rings (SSSR count). The third kappa shape index (κ3) is 2.08. The smallest absolute Gasteiger partial charge is 0.170 e. The van der Waals surface area contributed by atoms with Crippen molar-refractivity contribution in [1.29, 1.82) is 0 Å². The number of imidazole rings is 1. The van der Waals surface area contributed by atoms with E-state index in [9.17, 15) is 0 Å². The molecule has 3 aromatic rings. The second-order valence-electron chi connectivity index (χ2n) is 4.38. The summed E-state index contributed by atoms with van der Waals surface area (Å²) in [6.45, 7) is 2.54. The van der Waals surface area contributed by atoms with Crippen LogP contribution in [0.1, 0.15) is 17.2 Å². The van der Waals surface area contributed by atoms with Gasteiger partial charge in [-0.25, -0.2) is 15.0 Å². The van der Waals surface area contributed by atoms with Crippen LogP contribution in [0.5, 0.6) is 0 Å². The van der Waals surface area contributed by atoms with E-state index in [4.69, 9.17) is 11.6 Å². The number of aromatic nitrogens is 6. The van der Waals surface area contributed by atoms with E-state index in [-0.39, 0.29) is 0 Å². The molecule has 0 N–H and O–H groups in total. The van der Waals surface area contributed by atoms with Gasteiger partial charge in [0, 0.05) is 13.2 Å². The fourth-order valence-electron chi connectivity index (χ4n) is 2.05. The van der Waals surface area contributed by atoms with Gasteiger partial charge in [-0.15, -0.1) is 11.6 Å². The van der Waals surface area contributed by atoms with Crippen LogP contribution in [0.4, 0.5) is 0 Å². The van der Waals surface area contributed by atoms with Gasteiger partial charge in [0.2, 0.25) is 0 Å². The fraction of sp³-hybridized carbons (Fsp3) is 0.333. The van der Waals surface area contributed by atoms with Gasteiger partial charge in [0.05, 0.1) is 12.4 Å². The third-order valence-electron chi connectivity index (χ3n) is 2.98. The maximum Gasteiger partial charge on any atom is 0.170 e. The minimum absolute atomic E-state index is 0.336. The molecule has 0 bridgehead atoms. The fourth-order valence-corrected chi connectivity index (χ4v) is 2.25. The van der Waals surface area contributed by atoms with Crippen molar-refractivity contribution in [3.8, 4) is 0 Å². The van der Waals surface area contributed by atoms with E-state index < -0.39 is 0 Å². The molecule has 3 aromatic heterocycles. The molecule has 0 aliphatic heterocycles. The van der Waals surface area contributed by atoms with E-state index in [0.717, 1.165) is 28.4 Å². The Morgan fingerprint density at radius 1 is 1.32 bits per heavy atom. The van der Waals surface area contributed by atoms with Crippen LogP contribution in [0.15, 0.2) is 18.6 Å². The summed E-state index contributed by atoms with van der Waals surface area (Å²) in [5, 5.41) is 4.28. The Kier molecular flexibility index (Phi) is 2.94. The van der Waals surface area contributed by atoms with E-state index in [0.29, 0.717) is 12.4 Å². The van der Waals surface area contributed by atoms with Gasteiger partial charge < -0.3 is 4.57 Å². The van der Waals surface area contributed by atoms with E-state index in [1.165, 1.54) is 0 Å². The molecule has 0 fully saturated rings. The average molecular weight is 277 g/mol. The summed E-state index contributed by atoms with van der Waals surface area (Å²) in [6.07, 6.45) is 3.45. The second kappa shape index (κ2) is 4.62. The molecule has 0 spiro atoms. The Labute approximate surface area is 115 Å². The number of hydrogen-bond donors (Lipinski definition) is 0. The average Bonchev–Trinajstić information content (AvgIpc) is 2.96. The summed E-state index contributed by atoms with van der Waals surface area (Å²) < 4.78 is 3.64. The van der Waals surface area contributed by atoms with Crippen molar-refractivity contribution in [2.45, 2.75) is 19.3 Å². The molecule has 3 heterocycles. The van der Waals surface area contributed by atoms with Crippen molar-refractivity contribution in [3.63, 3.8) is 0 Å². The number of pyridine rings is 1. The van der Waals surface area contributed by atoms with Gasteiger partial charge in [-0.1, -0.05) is 0 Å². The molecule has 6 nitrogen and oxygen atoms in total. The minimum atomic E-state index is 0.336. The highest BCUT2D eigenvalue weighted by Gasteiger charge is 2.14. The number of alkyl halides is 1. The number of nitrogens with zero attached hydrogens (tertiary/aromatic N) is 6. The molecule has 7 heteroatoms. The zero-order chi connectivity index (χ0) is 13.4. The summed E-state index contributed by atoms with van der Waals surface area (Å²) in [5.74, 6) is 1.84. The maximum atomic E-state index is 5.97. The quantitative estimate of drug-likeness (QED) is 0.683. The number of halogens is 1. The molecule has 0 saturated carbocycles. The van der Waals surface area contributed by atoms with Crippen molar-refractivity contribution in [2.75, 3.05) is 0 Å². The molecule has 0 aromatic carbocycles. The predicted molar refractivity (Wildman–Crippen MR) is 71.9 cm³/mol. The zero-order valence-electron chi connectivity index (χ0n) is 10.7. The lowest BCUT2D eigenvalue weighted by atomic mass is 10.3. The molecule has 98 valence electrons. The molecule has 0 aliphatic rings. The van der Waals surface area contributed by atoms with Gasteiger partial charge in [0.1, 0.15) is 17.7 Å². The Balaban J connectivity index is 2.13. The highest BCUT2D eigenvalue weighted by molar-refractivity contribution is 6.16. The number of rotatable bonds is 3. The molecular formula is C12H13ClN6. The zero-order valence-corrected chi connectivity index (χ0v) is 11.5. The first-order chi connectivity index (χ1) is 9.19. The van der Waals surface area contributed by atoms with Crippen LogP contribution >= 0.6 is 11.6 Å². The highest BCUT2D eigenvalue weighted by atomic mass is 35.5. The molecule has 0 saturated heterocycles. The first kappa shape index (κ1) is 12.1. The number of fused-ring (bicyclic) bond motifs is 1. The normalized spacial score (nSPS) is 11.3. The Morgan fingerprint density at radius 3 is 2.84 bits per heavy atom. The Hall–Kier alpha value is -1.95. The van der Waals surface area contributed by atoms with E-state index in [1.54, 1.807) is 17.2 Å². The van der Waals surface area contributed by atoms with Gasteiger partial charge in [0.25, 0.3) is 0 Å². The Bertz CT molecular complexity index is 729. The van der Waals surface area contributed by atoms with Crippen molar-refractivity contribution >= 4 is 22.8 Å². The van der Waals surface area contributed by atoms with Crippen molar-refractivity contribution < 1.29 is 0 Å². The summed E-state index contributed by atoms with van der Waals surface area (Å²) >= 11 is 5.97. The van der Waals surface area contributed by atoms with Gasteiger partial charge in [0.15, 0.2) is 11.5 Å². The van der Waals surface area contributed by atoms with E-state index in [2.05, 4.69) is 20.1 Å². The van der Waals surface area contributed by atoms with Gasteiger partial charge in [-0.2, -0.15) is 5.10 Å². The van der Waals surface area contributed by atoms with Gasteiger partial charge >= 0.3 is 0 Å². The maximum absolute atomic E-state index is 5.97. The van der Waals surface area contributed by atoms with E-state index >= 15 is 0 Å². The summed E-state index contributed by atoms with van der Waals surface area (Å²) in [5.41, 5.74) is 2.79. The molecule has 0 unspecified atom stereocenters. The largest absolute Gasteiger partial charge is 0.304 e. The van der Waals surface area contributed by atoms with Crippen LogP contribution in [0.2, 0.25) is 0 Å². The third-order valence-corrected chi connectivity index (χ3v) is 3.22. The van der Waals surface area contributed by atoms with Crippen LogP contribution in [0.3, 0.4) is 0 Å². The van der Waals surface area contributed by atoms with Crippen molar-refractivity contribution in [1.82, 2.24) is 29.3 Å². The topological polar surface area (TPSA) is 61.4 Å². The lowest BCUT2D eigenvalue weighted by Crippen LogP contribution is -2.06. The molecule has 0 aliphatic carbocycles. The van der Waals surface area contributed by atoms with Crippen molar-refractivity contribution in [3.05, 3.63) is 35.8 Å². The minimum Gasteiger partial charge on any atom is -0.304 e. The molecule has 0 atom stereocenters. The van der Waals surface area contributed by atoms with Gasteiger partial charge in [-0.05, 0) is 18.6 Å². The summed E-state index contributed by atoms with van der Waals surface area (Å²) in [7, 11) is 1.84. The molecule has 0 amide bonds. The summed E-state index contributed by atoms with van der Waals surface area (Å²) in [6, 6.07) is 1.94. The standard InChI is InChI=1S/C12H13ClN6/c1-8-3-4-14-12-11(8)16-10(5-13)19(12)6-9-15-7-18(2)17-9/h3-4,7H,5-6H2,1-2H3. The molecule has 19 heavy (non-hydrogen) atoms. The van der Waals surface area contributed by atoms with E-state index in [1.807, 2.05) is 24.6 Å². The number of hydrogen-bond acceptors (Lipinski definition) is 4. The number of aryl methyl sites for hydroxylation is 2. The van der Waals surface area contributed by atoms with Gasteiger partial charge in [-0.3, -0.25) is 4.68 Å². The monoisotopic (exact) mass is 276 g/mol. The van der Waals surface area contributed by atoms with Crippen LogP contribution in [0, 0.1) is 6.92 Å². The highest BCUT2D eigenvalue weighted by Crippen LogP contribution is 2.19. The molecule has 0 radical (unpaired) electrons. The van der Waals surface area contributed by atoms with Crippen molar-refractivity contribution in [2.24, 2.45) is 7.05 Å². The predicted octanol–water partition coefficient (Wildman–Crippen LogP) is 1.66. The van der Waals surface area contributed by atoms with Crippen LogP contribution < -0.4 is 0 Å². The first-order valence-electron chi connectivity index (χ1n) is 5.90. The van der Waals surface area contributed by atoms with Crippen LogP contribution in [0.25, 0.3) is 11.2 Å². The first-order valence-corrected chi connectivity index (χ1v) is 6.43. The Morgan fingerprint density at radius 2 is 2.16 bits per heavy atom. The van der Waals surface area contributed by atoms with Crippen LogP contribution in [-0.2, 0) is 19.5 Å². The lowest BCUT2D eigenvalue weighted by molar-refractivity contribution is 0.694. The van der Waals surface area contributed by atoms with Crippen LogP contribution in [-0.4, -0.2) is 29.3 Å². The molecular weight excluding hydrogens is 264 g/mol. The lowest BCUT2D eigenvalue weighted by Gasteiger charge is -2.03. The SMILES string of the molecule is Cc1ccnc2c1nc(CCl)n2Cc1ncn(C)n1. The second-order valence-corrected chi connectivity index (χ2v) is 4.65. The summed E-state index contributed by atoms with van der Waals surface area (Å²) in [4.78, 5) is 13.2.